The lowest BCUT2D eigenvalue weighted by atomic mass is 10.1. The third kappa shape index (κ3) is 2.81. The van der Waals surface area contributed by atoms with Crippen molar-refractivity contribution >= 4 is 29.5 Å². The smallest absolute Gasteiger partial charge is 0.261 e. The van der Waals surface area contributed by atoms with Crippen LogP contribution in [0, 0.1) is 0 Å². The molecule has 0 spiro atoms. The molecule has 0 atom stereocenters. The first-order valence-corrected chi connectivity index (χ1v) is 7.42. The highest BCUT2D eigenvalue weighted by Crippen LogP contribution is 2.22. The van der Waals surface area contributed by atoms with Crippen molar-refractivity contribution in [2.24, 2.45) is 0 Å². The van der Waals surface area contributed by atoms with Crippen LogP contribution in [0.1, 0.15) is 32.7 Å². The minimum atomic E-state index is -0.208. The van der Waals surface area contributed by atoms with Crippen molar-refractivity contribution in [1.29, 1.82) is 0 Å². The Morgan fingerprint density at radius 3 is 2.09 bits per heavy atom. The van der Waals surface area contributed by atoms with Crippen LogP contribution in [0.3, 0.4) is 0 Å². The summed E-state index contributed by atoms with van der Waals surface area (Å²) in [4.78, 5) is 25.7. The van der Waals surface area contributed by atoms with E-state index in [2.05, 4.69) is 0 Å². The number of carbonyl (C=O) groups excluding carboxylic acids is 2. The van der Waals surface area contributed by atoms with Gasteiger partial charge in [0.15, 0.2) is 0 Å². The molecule has 0 aromatic heterocycles. The molecule has 1 heterocycles. The fourth-order valence-corrected chi connectivity index (χ4v) is 2.57. The number of carbonyl (C=O) groups is 2. The molecule has 4 heteroatoms. The van der Waals surface area contributed by atoms with Gasteiger partial charge in [-0.15, -0.1) is 0 Å². The molecule has 1 aliphatic rings. The summed E-state index contributed by atoms with van der Waals surface area (Å²) in [6, 6.07) is 14.4. The Morgan fingerprint density at radius 1 is 0.909 bits per heavy atom. The van der Waals surface area contributed by atoms with Crippen LogP contribution in [0.4, 0.5) is 0 Å². The van der Waals surface area contributed by atoms with Crippen LogP contribution < -0.4 is 0 Å². The fraction of sp³-hybridized carbons (Fsp3) is 0.111. The van der Waals surface area contributed by atoms with Gasteiger partial charge in [-0.25, -0.2) is 0 Å². The quantitative estimate of drug-likeness (QED) is 0.799. The van der Waals surface area contributed by atoms with E-state index in [0.29, 0.717) is 29.1 Å². The lowest BCUT2D eigenvalue weighted by molar-refractivity contribution is 0.0657. The third-order valence-corrected chi connectivity index (χ3v) is 3.83. The normalized spacial score (nSPS) is 14.0. The molecule has 0 saturated carbocycles. The van der Waals surface area contributed by atoms with Gasteiger partial charge in [-0.3, -0.25) is 14.5 Å². The summed E-state index contributed by atoms with van der Waals surface area (Å²) in [6.45, 7) is 0.385. The number of halogens is 1. The van der Waals surface area contributed by atoms with Crippen LogP contribution in [-0.2, 0) is 0 Å². The molecule has 0 bridgehead atoms. The fourth-order valence-electron chi connectivity index (χ4n) is 2.44. The molecule has 0 N–H and O–H groups in total. The van der Waals surface area contributed by atoms with Gasteiger partial charge in [0, 0.05) is 11.6 Å². The van der Waals surface area contributed by atoms with Crippen LogP contribution in [0.25, 0.3) is 6.08 Å². The Hall–Kier alpha value is -2.39. The van der Waals surface area contributed by atoms with Gasteiger partial charge in [0.1, 0.15) is 0 Å². The lowest BCUT2D eigenvalue weighted by Crippen LogP contribution is -2.30. The highest BCUT2D eigenvalue weighted by Gasteiger charge is 2.34. The lowest BCUT2D eigenvalue weighted by Gasteiger charge is -2.11. The Kier molecular flexibility index (Phi) is 4.07. The van der Waals surface area contributed by atoms with Gasteiger partial charge < -0.3 is 0 Å². The highest BCUT2D eigenvalue weighted by molar-refractivity contribution is 6.30. The molecule has 0 fully saturated rings. The van der Waals surface area contributed by atoms with Crippen molar-refractivity contribution in [2.75, 3.05) is 6.54 Å². The molecular weight excluding hydrogens is 298 g/mol. The van der Waals surface area contributed by atoms with Gasteiger partial charge in [0.05, 0.1) is 11.1 Å². The van der Waals surface area contributed by atoms with Crippen molar-refractivity contribution in [3.63, 3.8) is 0 Å². The Labute approximate surface area is 133 Å². The van der Waals surface area contributed by atoms with Crippen molar-refractivity contribution in [2.45, 2.75) is 6.42 Å². The van der Waals surface area contributed by atoms with E-state index in [-0.39, 0.29) is 11.8 Å². The Balaban J connectivity index is 1.62. The number of rotatable bonds is 4. The van der Waals surface area contributed by atoms with Gasteiger partial charge in [0.2, 0.25) is 0 Å². The molecule has 2 aromatic carbocycles. The van der Waals surface area contributed by atoms with Crippen molar-refractivity contribution in [1.82, 2.24) is 4.90 Å². The molecule has 0 radical (unpaired) electrons. The van der Waals surface area contributed by atoms with Crippen LogP contribution in [-0.4, -0.2) is 23.3 Å². The number of hydrogen-bond acceptors (Lipinski definition) is 2. The molecule has 3 rings (SSSR count). The monoisotopic (exact) mass is 311 g/mol. The largest absolute Gasteiger partial charge is 0.274 e. The molecule has 2 amide bonds. The summed E-state index contributed by atoms with van der Waals surface area (Å²) < 4.78 is 0. The number of fused-ring (bicyclic) bond motifs is 1. The van der Waals surface area contributed by atoms with Crippen LogP contribution in [0.5, 0.6) is 0 Å². The first-order valence-electron chi connectivity index (χ1n) is 7.04. The van der Waals surface area contributed by atoms with E-state index in [1.54, 1.807) is 24.3 Å². The van der Waals surface area contributed by atoms with E-state index in [0.717, 1.165) is 5.56 Å². The summed E-state index contributed by atoms with van der Waals surface area (Å²) in [5, 5.41) is 0.697. The zero-order valence-corrected chi connectivity index (χ0v) is 12.6. The second-order valence-corrected chi connectivity index (χ2v) is 5.49. The first-order chi connectivity index (χ1) is 10.7. The third-order valence-electron chi connectivity index (χ3n) is 3.58. The Bertz CT molecular complexity index is 715. The molecular formula is C18H14ClNO2. The zero-order chi connectivity index (χ0) is 15.5. The van der Waals surface area contributed by atoms with Crippen LogP contribution in [0.2, 0.25) is 5.02 Å². The summed E-state index contributed by atoms with van der Waals surface area (Å²) in [6.07, 6.45) is 4.52. The van der Waals surface area contributed by atoms with Gasteiger partial charge in [-0.2, -0.15) is 0 Å². The number of nitrogens with zero attached hydrogens (tertiary/aromatic N) is 1. The molecule has 1 aliphatic heterocycles. The summed E-state index contributed by atoms with van der Waals surface area (Å²) in [5.41, 5.74) is 2.02. The van der Waals surface area contributed by atoms with Crippen molar-refractivity contribution < 1.29 is 9.59 Å². The first kappa shape index (κ1) is 14.5. The van der Waals surface area contributed by atoms with E-state index in [9.17, 15) is 9.59 Å². The van der Waals surface area contributed by atoms with Crippen LogP contribution >= 0.6 is 11.6 Å². The molecule has 0 saturated heterocycles. The minimum absolute atomic E-state index is 0.208. The predicted octanol–water partition coefficient (Wildman–Crippen LogP) is 4.04. The number of amides is 2. The maximum absolute atomic E-state index is 12.2. The number of hydrogen-bond donors (Lipinski definition) is 0. The number of benzene rings is 2. The topological polar surface area (TPSA) is 37.4 Å². The minimum Gasteiger partial charge on any atom is -0.274 e. The van der Waals surface area contributed by atoms with Gasteiger partial charge >= 0.3 is 0 Å². The zero-order valence-electron chi connectivity index (χ0n) is 11.8. The second-order valence-electron chi connectivity index (χ2n) is 5.05. The van der Waals surface area contributed by atoms with Crippen LogP contribution in [0.15, 0.2) is 54.6 Å². The molecule has 2 aromatic rings. The maximum atomic E-state index is 12.2. The van der Waals surface area contributed by atoms with E-state index >= 15 is 0 Å². The molecule has 22 heavy (non-hydrogen) atoms. The molecule has 110 valence electrons. The van der Waals surface area contributed by atoms with Gasteiger partial charge in [-0.05, 0) is 36.2 Å². The second kappa shape index (κ2) is 6.16. The highest BCUT2D eigenvalue weighted by atomic mass is 35.5. The van der Waals surface area contributed by atoms with E-state index in [1.165, 1.54) is 4.90 Å². The summed E-state index contributed by atoms with van der Waals surface area (Å²) >= 11 is 5.83. The molecule has 0 aliphatic carbocycles. The summed E-state index contributed by atoms with van der Waals surface area (Å²) in [7, 11) is 0. The van der Waals surface area contributed by atoms with E-state index < -0.39 is 0 Å². The SMILES string of the molecule is O=C1c2ccccc2C(=O)N1CC/C=C\c1ccc(Cl)cc1. The van der Waals surface area contributed by atoms with Crippen molar-refractivity contribution in [3.8, 4) is 0 Å². The maximum Gasteiger partial charge on any atom is 0.261 e. The average molecular weight is 312 g/mol. The standard InChI is InChI=1S/C18H14ClNO2/c19-14-10-8-13(9-11-14)5-3-4-12-20-17(21)15-6-1-2-7-16(15)18(20)22/h1-3,5-11H,4,12H2/b5-3-. The predicted molar refractivity (Wildman–Crippen MR) is 86.9 cm³/mol. The summed E-state index contributed by atoms with van der Waals surface area (Å²) in [5.74, 6) is -0.416. The average Bonchev–Trinajstić information content (AvgIpc) is 2.78. The van der Waals surface area contributed by atoms with E-state index in [1.807, 2.05) is 36.4 Å². The number of imide groups is 1. The van der Waals surface area contributed by atoms with Gasteiger partial charge in [-0.1, -0.05) is 48.0 Å². The van der Waals surface area contributed by atoms with Gasteiger partial charge in [0.25, 0.3) is 11.8 Å². The van der Waals surface area contributed by atoms with E-state index in [4.69, 9.17) is 11.6 Å². The molecule has 0 unspecified atom stereocenters. The molecule has 3 nitrogen and oxygen atoms in total. The van der Waals surface area contributed by atoms with Crippen molar-refractivity contribution in [3.05, 3.63) is 76.3 Å². The Morgan fingerprint density at radius 2 is 1.50 bits per heavy atom.